The third kappa shape index (κ3) is 2.13. The van der Waals surface area contributed by atoms with Gasteiger partial charge in [0.2, 0.25) is 11.4 Å². The molecule has 0 unspecified atom stereocenters. The van der Waals surface area contributed by atoms with Crippen LogP contribution in [0.4, 0.5) is 0 Å². The molecular weight excluding hydrogens is 308 g/mol. The summed E-state index contributed by atoms with van der Waals surface area (Å²) in [4.78, 5) is 4.69. The van der Waals surface area contributed by atoms with Crippen LogP contribution >= 0.6 is 0 Å². The molecule has 3 aromatic heterocycles. The molecule has 5 aromatic rings. The predicted molar refractivity (Wildman–Crippen MR) is 100 cm³/mol. The molecule has 0 atom stereocenters. The SMILES string of the molecule is Cc1cc2c(cc1-c1cccc[n+]1C)oc1nc3ccccc3cc12. The van der Waals surface area contributed by atoms with Crippen molar-refractivity contribution in [2.45, 2.75) is 6.92 Å². The fourth-order valence-electron chi connectivity index (χ4n) is 3.54. The first-order chi connectivity index (χ1) is 12.2. The monoisotopic (exact) mass is 325 g/mol. The number of nitrogens with zero attached hydrogens (tertiary/aromatic N) is 2. The normalized spacial score (nSPS) is 11.6. The Labute approximate surface area is 145 Å². The van der Waals surface area contributed by atoms with E-state index in [9.17, 15) is 0 Å². The van der Waals surface area contributed by atoms with Crippen LogP contribution in [-0.4, -0.2) is 4.98 Å². The van der Waals surface area contributed by atoms with E-state index in [2.05, 4.69) is 61.1 Å². The molecule has 3 nitrogen and oxygen atoms in total. The molecule has 0 amide bonds. The van der Waals surface area contributed by atoms with Gasteiger partial charge in [-0.15, -0.1) is 0 Å². The maximum Gasteiger partial charge on any atom is 0.227 e. The zero-order valence-electron chi connectivity index (χ0n) is 14.2. The summed E-state index contributed by atoms with van der Waals surface area (Å²) in [6.07, 6.45) is 2.06. The average molecular weight is 325 g/mol. The van der Waals surface area contributed by atoms with E-state index in [-0.39, 0.29) is 0 Å². The number of aromatic nitrogens is 2. The highest BCUT2D eigenvalue weighted by atomic mass is 16.3. The second-order valence-electron chi connectivity index (χ2n) is 6.50. The Balaban J connectivity index is 1.84. The van der Waals surface area contributed by atoms with Crippen LogP contribution in [0.25, 0.3) is 44.2 Å². The summed E-state index contributed by atoms with van der Waals surface area (Å²) < 4.78 is 8.23. The van der Waals surface area contributed by atoms with Crippen molar-refractivity contribution in [3.63, 3.8) is 0 Å². The van der Waals surface area contributed by atoms with E-state index in [4.69, 9.17) is 9.40 Å². The minimum absolute atomic E-state index is 0.697. The summed E-state index contributed by atoms with van der Waals surface area (Å²) in [5.41, 5.74) is 6.11. The lowest BCUT2D eigenvalue weighted by atomic mass is 10.0. The molecule has 2 aromatic carbocycles. The third-order valence-electron chi connectivity index (χ3n) is 4.84. The van der Waals surface area contributed by atoms with Crippen molar-refractivity contribution in [1.29, 1.82) is 0 Å². The lowest BCUT2D eigenvalue weighted by Gasteiger charge is -2.04. The molecule has 0 aliphatic heterocycles. The summed E-state index contributed by atoms with van der Waals surface area (Å²) in [5.74, 6) is 0. The molecule has 0 N–H and O–H groups in total. The summed E-state index contributed by atoms with van der Waals surface area (Å²) >= 11 is 0. The standard InChI is InChI=1S/C22H17N2O/c1-14-11-17-18-12-15-7-3-4-8-19(15)23-22(18)25-21(17)13-16(14)20-9-5-6-10-24(20)2/h3-13H,1-2H3/q+1. The molecule has 120 valence electrons. The van der Waals surface area contributed by atoms with Gasteiger partial charge in [0.1, 0.15) is 12.6 Å². The Hall–Kier alpha value is -3.20. The molecule has 3 heterocycles. The molecular formula is C22H17N2O+. The van der Waals surface area contributed by atoms with Crippen LogP contribution < -0.4 is 4.57 Å². The van der Waals surface area contributed by atoms with Crippen molar-refractivity contribution >= 4 is 33.0 Å². The van der Waals surface area contributed by atoms with E-state index in [0.29, 0.717) is 5.71 Å². The van der Waals surface area contributed by atoms with Gasteiger partial charge in [-0.05, 0) is 42.8 Å². The van der Waals surface area contributed by atoms with Crippen molar-refractivity contribution in [3.05, 3.63) is 72.4 Å². The van der Waals surface area contributed by atoms with E-state index >= 15 is 0 Å². The molecule has 3 heteroatoms. The highest BCUT2D eigenvalue weighted by Gasteiger charge is 2.16. The van der Waals surface area contributed by atoms with Crippen molar-refractivity contribution in [2.75, 3.05) is 0 Å². The number of aryl methyl sites for hydroxylation is 2. The first-order valence-electron chi connectivity index (χ1n) is 8.38. The predicted octanol–water partition coefficient (Wildman–Crippen LogP) is 4.93. The van der Waals surface area contributed by atoms with E-state index in [1.54, 1.807) is 0 Å². The van der Waals surface area contributed by atoms with Crippen molar-refractivity contribution in [2.24, 2.45) is 7.05 Å². The van der Waals surface area contributed by atoms with Gasteiger partial charge in [0, 0.05) is 28.3 Å². The molecule has 0 radical (unpaired) electrons. The molecule has 0 saturated carbocycles. The number of para-hydroxylation sites is 1. The van der Waals surface area contributed by atoms with Crippen LogP contribution in [0.15, 0.2) is 71.3 Å². The number of hydrogen-bond donors (Lipinski definition) is 0. The summed E-state index contributed by atoms with van der Waals surface area (Å²) in [7, 11) is 2.06. The van der Waals surface area contributed by atoms with Crippen LogP contribution in [0.2, 0.25) is 0 Å². The third-order valence-corrected chi connectivity index (χ3v) is 4.84. The van der Waals surface area contributed by atoms with Crippen molar-refractivity contribution < 1.29 is 8.98 Å². The zero-order chi connectivity index (χ0) is 17.0. The first-order valence-corrected chi connectivity index (χ1v) is 8.38. The van der Waals surface area contributed by atoms with E-state index < -0.39 is 0 Å². The van der Waals surface area contributed by atoms with Gasteiger partial charge in [-0.3, -0.25) is 0 Å². The number of benzene rings is 2. The molecule has 0 bridgehead atoms. The van der Waals surface area contributed by atoms with Crippen LogP contribution in [0.5, 0.6) is 0 Å². The number of furan rings is 1. The quantitative estimate of drug-likeness (QED) is 0.409. The maximum atomic E-state index is 6.10. The second kappa shape index (κ2) is 5.15. The van der Waals surface area contributed by atoms with Crippen LogP contribution in [-0.2, 0) is 7.05 Å². The number of rotatable bonds is 1. The average Bonchev–Trinajstić information content (AvgIpc) is 2.96. The van der Waals surface area contributed by atoms with Gasteiger partial charge in [0.15, 0.2) is 6.20 Å². The summed E-state index contributed by atoms with van der Waals surface area (Å²) in [5, 5.41) is 3.32. The van der Waals surface area contributed by atoms with Crippen molar-refractivity contribution in [3.8, 4) is 11.3 Å². The molecule has 25 heavy (non-hydrogen) atoms. The Kier molecular flexibility index (Phi) is 2.92. The maximum absolute atomic E-state index is 6.10. The lowest BCUT2D eigenvalue weighted by Crippen LogP contribution is -2.30. The minimum Gasteiger partial charge on any atom is -0.438 e. The molecule has 0 saturated heterocycles. The number of hydrogen-bond acceptors (Lipinski definition) is 2. The number of fused-ring (bicyclic) bond motifs is 4. The second-order valence-corrected chi connectivity index (χ2v) is 6.50. The summed E-state index contributed by atoms with van der Waals surface area (Å²) in [6.45, 7) is 2.15. The van der Waals surface area contributed by atoms with Gasteiger partial charge >= 0.3 is 0 Å². The smallest absolute Gasteiger partial charge is 0.227 e. The Bertz CT molecular complexity index is 1270. The van der Waals surface area contributed by atoms with Gasteiger partial charge in [-0.2, -0.15) is 0 Å². The van der Waals surface area contributed by atoms with Gasteiger partial charge in [0.25, 0.3) is 0 Å². The van der Waals surface area contributed by atoms with Crippen LogP contribution in [0.1, 0.15) is 5.56 Å². The van der Waals surface area contributed by atoms with Crippen molar-refractivity contribution in [1.82, 2.24) is 4.98 Å². The van der Waals surface area contributed by atoms with Gasteiger partial charge in [-0.1, -0.05) is 18.2 Å². The fourth-order valence-corrected chi connectivity index (χ4v) is 3.54. The Morgan fingerprint density at radius 2 is 1.76 bits per heavy atom. The van der Waals surface area contributed by atoms with Crippen LogP contribution in [0, 0.1) is 6.92 Å². The number of pyridine rings is 2. The summed E-state index contributed by atoms with van der Waals surface area (Å²) in [6, 6.07) is 20.9. The molecule has 0 fully saturated rings. The molecule has 0 aliphatic rings. The largest absolute Gasteiger partial charge is 0.438 e. The molecule has 0 spiro atoms. The van der Waals surface area contributed by atoms with Crippen LogP contribution in [0.3, 0.4) is 0 Å². The highest BCUT2D eigenvalue weighted by molar-refractivity contribution is 6.08. The van der Waals surface area contributed by atoms with Gasteiger partial charge in [-0.25, -0.2) is 9.55 Å². The first kappa shape index (κ1) is 14.2. The fraction of sp³-hybridized carbons (Fsp3) is 0.0909. The highest BCUT2D eigenvalue weighted by Crippen LogP contribution is 2.34. The Morgan fingerprint density at radius 1 is 0.920 bits per heavy atom. The molecule has 0 aliphatic carbocycles. The Morgan fingerprint density at radius 3 is 2.64 bits per heavy atom. The lowest BCUT2D eigenvalue weighted by molar-refractivity contribution is -0.660. The van der Waals surface area contributed by atoms with Gasteiger partial charge < -0.3 is 4.42 Å². The molecule has 5 rings (SSSR count). The van der Waals surface area contributed by atoms with E-state index in [0.717, 1.165) is 27.3 Å². The van der Waals surface area contributed by atoms with E-state index in [1.807, 2.05) is 24.3 Å². The van der Waals surface area contributed by atoms with E-state index in [1.165, 1.54) is 16.8 Å². The topological polar surface area (TPSA) is 29.9 Å². The zero-order valence-corrected chi connectivity index (χ0v) is 14.2. The minimum atomic E-state index is 0.697. The van der Waals surface area contributed by atoms with Gasteiger partial charge in [0.05, 0.1) is 11.1 Å².